The zero-order chi connectivity index (χ0) is 33.4. The lowest BCUT2D eigenvalue weighted by Gasteiger charge is -2.29. The van der Waals surface area contributed by atoms with E-state index < -0.39 is 56.1 Å². The first-order chi connectivity index (χ1) is 22.6. The van der Waals surface area contributed by atoms with Crippen molar-refractivity contribution in [2.45, 2.75) is 30.7 Å². The molecular formula is C32H33N5O9S. The normalized spacial score (nSPS) is 14.7. The van der Waals surface area contributed by atoms with Gasteiger partial charge in [0, 0.05) is 24.7 Å². The highest BCUT2D eigenvalue weighted by Crippen LogP contribution is 2.21. The molecule has 2 atom stereocenters. The van der Waals surface area contributed by atoms with E-state index in [9.17, 15) is 32.9 Å². The van der Waals surface area contributed by atoms with E-state index in [0.717, 1.165) is 5.56 Å². The Labute approximate surface area is 270 Å². The van der Waals surface area contributed by atoms with Gasteiger partial charge in [0.2, 0.25) is 11.7 Å². The second-order valence-electron chi connectivity index (χ2n) is 11.0. The van der Waals surface area contributed by atoms with E-state index in [1.807, 2.05) is 30.3 Å². The quantitative estimate of drug-likeness (QED) is 0.122. The van der Waals surface area contributed by atoms with Crippen LogP contribution in [0.4, 0.5) is 10.5 Å². The van der Waals surface area contributed by atoms with Gasteiger partial charge in [-0.2, -0.15) is 0 Å². The lowest BCUT2D eigenvalue weighted by Crippen LogP contribution is -2.57. The van der Waals surface area contributed by atoms with Crippen LogP contribution in [0.15, 0.2) is 83.3 Å². The minimum absolute atomic E-state index is 0.0666. The molecule has 1 fully saturated rings. The number of aryl methyl sites for hydroxylation is 1. The first-order valence-corrected chi connectivity index (χ1v) is 16.7. The van der Waals surface area contributed by atoms with Crippen LogP contribution in [-0.4, -0.2) is 85.1 Å². The van der Waals surface area contributed by atoms with E-state index in [1.165, 1.54) is 29.2 Å². The first kappa shape index (κ1) is 33.2. The van der Waals surface area contributed by atoms with Crippen molar-refractivity contribution in [1.29, 1.82) is 0 Å². The highest BCUT2D eigenvalue weighted by atomic mass is 32.2. The molecule has 4 aromatic rings. The molecule has 1 aliphatic rings. The molecule has 0 aliphatic carbocycles. The van der Waals surface area contributed by atoms with Crippen LogP contribution in [0.25, 0.3) is 11.1 Å². The summed E-state index contributed by atoms with van der Waals surface area (Å²) < 4.78 is 37.8. The van der Waals surface area contributed by atoms with E-state index in [2.05, 4.69) is 15.6 Å². The van der Waals surface area contributed by atoms with Gasteiger partial charge in [-0.3, -0.25) is 19.7 Å². The fraction of sp³-hybridized carbons (Fsp3) is 0.312. The van der Waals surface area contributed by atoms with Gasteiger partial charge in [-0.1, -0.05) is 60.7 Å². The molecule has 2 N–H and O–H groups in total. The number of para-hydroxylation sites is 3. The predicted octanol–water partition coefficient (Wildman–Crippen LogP) is 3.06. The molecule has 47 heavy (non-hydrogen) atoms. The number of oxazole rings is 1. The van der Waals surface area contributed by atoms with Crippen LogP contribution in [-0.2, 0) is 31.5 Å². The molecule has 3 aromatic carbocycles. The summed E-state index contributed by atoms with van der Waals surface area (Å²) in [6.07, 6.45) is 0.485. The van der Waals surface area contributed by atoms with Crippen molar-refractivity contribution in [3.63, 3.8) is 0 Å². The molecule has 3 amide bonds. The van der Waals surface area contributed by atoms with Gasteiger partial charge in [0.15, 0.2) is 15.4 Å². The minimum atomic E-state index is -4.23. The second kappa shape index (κ2) is 15.0. The number of amides is 3. The van der Waals surface area contributed by atoms with Crippen LogP contribution in [0.2, 0.25) is 0 Å². The summed E-state index contributed by atoms with van der Waals surface area (Å²) >= 11 is 0. The van der Waals surface area contributed by atoms with Gasteiger partial charge in [-0.05, 0) is 30.5 Å². The van der Waals surface area contributed by atoms with Gasteiger partial charge in [0.1, 0.15) is 11.6 Å². The lowest BCUT2D eigenvalue weighted by molar-refractivity contribution is -0.385. The Morgan fingerprint density at radius 3 is 2.32 bits per heavy atom. The molecule has 15 heteroatoms. The number of sulfone groups is 1. The van der Waals surface area contributed by atoms with Gasteiger partial charge < -0.3 is 24.7 Å². The van der Waals surface area contributed by atoms with Crippen molar-refractivity contribution >= 4 is 44.3 Å². The highest BCUT2D eigenvalue weighted by Gasteiger charge is 2.34. The number of aromatic nitrogens is 1. The molecule has 14 nitrogen and oxygen atoms in total. The number of rotatable bonds is 13. The van der Waals surface area contributed by atoms with Crippen molar-refractivity contribution in [1.82, 2.24) is 20.5 Å². The van der Waals surface area contributed by atoms with E-state index in [4.69, 9.17) is 9.15 Å². The summed E-state index contributed by atoms with van der Waals surface area (Å²) in [6.45, 7) is 0.972. The smallest absolute Gasteiger partial charge is 0.318 e. The molecule has 2 heterocycles. The molecule has 0 saturated carbocycles. The number of morpholine rings is 1. The molecule has 5 rings (SSSR count). The molecule has 1 aromatic heterocycles. The number of ether oxygens (including phenoxy) is 1. The number of hydrogen-bond donors (Lipinski definition) is 2. The van der Waals surface area contributed by atoms with E-state index in [0.29, 0.717) is 17.5 Å². The maximum absolute atomic E-state index is 13.9. The summed E-state index contributed by atoms with van der Waals surface area (Å²) in [4.78, 5) is 57.2. The van der Waals surface area contributed by atoms with E-state index >= 15 is 0 Å². The molecule has 0 unspecified atom stereocenters. The van der Waals surface area contributed by atoms with Gasteiger partial charge in [-0.15, -0.1) is 0 Å². The maximum atomic E-state index is 13.9. The van der Waals surface area contributed by atoms with Crippen molar-refractivity contribution in [3.05, 3.63) is 106 Å². The van der Waals surface area contributed by atoms with Gasteiger partial charge in [0.05, 0.1) is 35.7 Å². The van der Waals surface area contributed by atoms with Crippen LogP contribution in [0, 0.1) is 10.1 Å². The third-order valence-corrected chi connectivity index (χ3v) is 9.19. The van der Waals surface area contributed by atoms with Gasteiger partial charge >= 0.3 is 6.03 Å². The van der Waals surface area contributed by atoms with Crippen LogP contribution >= 0.6 is 0 Å². The number of carbonyl (C=O) groups excluding carboxylic acids is 3. The van der Waals surface area contributed by atoms with Gasteiger partial charge in [0.25, 0.3) is 11.6 Å². The van der Waals surface area contributed by atoms with Crippen molar-refractivity contribution in [2.75, 3.05) is 32.1 Å². The number of benzene rings is 3. The number of carbonyl (C=O) groups is 3. The molecular weight excluding hydrogens is 630 g/mol. The zero-order valence-corrected chi connectivity index (χ0v) is 26.1. The molecule has 246 valence electrons. The Kier molecular flexibility index (Phi) is 10.6. The predicted molar refractivity (Wildman–Crippen MR) is 170 cm³/mol. The zero-order valence-electron chi connectivity index (χ0n) is 25.2. The number of ketones is 1. The second-order valence-corrected chi connectivity index (χ2v) is 13.1. The third-order valence-electron chi connectivity index (χ3n) is 7.60. The van der Waals surface area contributed by atoms with E-state index in [-0.39, 0.29) is 49.9 Å². The number of nitro benzene ring substituents is 1. The summed E-state index contributed by atoms with van der Waals surface area (Å²) in [5.41, 5.74) is 1.25. The Morgan fingerprint density at radius 1 is 0.915 bits per heavy atom. The number of urea groups is 1. The minimum Gasteiger partial charge on any atom is -0.434 e. The average molecular weight is 664 g/mol. The number of Topliss-reactive ketones (excluding diaryl/α,β-unsaturated/α-hetero) is 1. The molecule has 0 radical (unpaired) electrons. The van der Waals surface area contributed by atoms with Crippen LogP contribution in [0.5, 0.6) is 0 Å². The summed E-state index contributed by atoms with van der Waals surface area (Å²) in [5, 5.41) is 16.6. The highest BCUT2D eigenvalue weighted by molar-refractivity contribution is 7.90. The number of nitro groups is 1. The van der Waals surface area contributed by atoms with Gasteiger partial charge in [-0.25, -0.2) is 18.2 Å². The summed E-state index contributed by atoms with van der Waals surface area (Å²) in [7, 11) is -4.23. The lowest BCUT2D eigenvalue weighted by atomic mass is 10.0. The van der Waals surface area contributed by atoms with E-state index in [1.54, 1.807) is 24.3 Å². The molecule has 1 saturated heterocycles. The SMILES string of the molecule is O=C(N[C@@H](CCc1ccccc1)C(=O)c1nc2ccccc2o1)[C@H](CS(=O)(=O)Cc1ccccc1[N+](=O)[O-])NC(=O)N1CCOCC1. The van der Waals surface area contributed by atoms with Crippen molar-refractivity contribution < 1.29 is 36.9 Å². The Hall–Kier alpha value is -5.15. The van der Waals surface area contributed by atoms with Crippen LogP contribution < -0.4 is 10.6 Å². The number of nitrogens with one attached hydrogen (secondary N) is 2. The monoisotopic (exact) mass is 663 g/mol. The van der Waals surface area contributed by atoms with Crippen LogP contribution in [0.1, 0.15) is 28.2 Å². The number of fused-ring (bicyclic) bond motifs is 1. The number of nitrogens with zero attached hydrogens (tertiary/aromatic N) is 3. The summed E-state index contributed by atoms with van der Waals surface area (Å²) in [6, 6.07) is 17.9. The average Bonchev–Trinajstić information content (AvgIpc) is 3.51. The van der Waals surface area contributed by atoms with Crippen molar-refractivity contribution in [2.24, 2.45) is 0 Å². The topological polar surface area (TPSA) is 191 Å². The molecule has 0 bridgehead atoms. The molecule has 0 spiro atoms. The standard InChI is InChI=1S/C32H33N5O9S/c38-29(31-34-24-11-5-7-13-28(24)46-31)25(15-14-22-8-2-1-3-9-22)33-30(39)26(35-32(40)36-16-18-45-19-17-36)21-47(43,44)20-23-10-4-6-12-27(23)37(41)42/h1-13,25-26H,14-21H2,(H,33,39)(H,35,40)/t25-,26-/m0/s1. The molecule has 1 aliphatic heterocycles. The van der Waals surface area contributed by atoms with Crippen molar-refractivity contribution in [3.8, 4) is 0 Å². The summed E-state index contributed by atoms with van der Waals surface area (Å²) in [5.74, 6) is -3.43. The fourth-order valence-electron chi connectivity index (χ4n) is 5.17. The Balaban J connectivity index is 1.41. The Morgan fingerprint density at radius 2 is 1.60 bits per heavy atom. The number of hydrogen-bond acceptors (Lipinski definition) is 10. The Bertz CT molecular complexity index is 1820. The largest absolute Gasteiger partial charge is 0.434 e. The fourth-order valence-corrected chi connectivity index (χ4v) is 6.75. The van der Waals surface area contributed by atoms with Crippen LogP contribution in [0.3, 0.4) is 0 Å². The third kappa shape index (κ3) is 8.77. The first-order valence-electron chi connectivity index (χ1n) is 14.9. The maximum Gasteiger partial charge on any atom is 0.318 e.